The van der Waals surface area contributed by atoms with E-state index in [9.17, 15) is 0 Å². The molecule has 110 valence electrons. The number of rotatable bonds is 14. The minimum absolute atomic E-state index is 0.738. The summed E-state index contributed by atoms with van der Waals surface area (Å²) in [6.45, 7) is 4.55. The van der Waals surface area contributed by atoms with Crippen LogP contribution < -0.4 is 5.32 Å². The molecule has 0 bridgehead atoms. The average Bonchev–Trinajstić information content (AvgIpc) is 2.40. The van der Waals surface area contributed by atoms with Gasteiger partial charge in [0.15, 0.2) is 0 Å². The number of hydrogen-bond donors (Lipinski definition) is 1. The van der Waals surface area contributed by atoms with E-state index < -0.39 is 0 Å². The van der Waals surface area contributed by atoms with Gasteiger partial charge in [0.25, 0.3) is 0 Å². The second-order valence-electron chi connectivity index (χ2n) is 5.32. The highest BCUT2D eigenvalue weighted by Crippen LogP contribution is 2.13. The van der Waals surface area contributed by atoms with E-state index >= 15 is 0 Å². The van der Waals surface area contributed by atoms with Crippen molar-refractivity contribution in [1.82, 2.24) is 5.32 Å². The quantitative estimate of drug-likeness (QED) is 0.434. The lowest BCUT2D eigenvalue weighted by molar-refractivity contribution is 0.509. The first kappa shape index (κ1) is 18.3. The van der Waals surface area contributed by atoms with Gasteiger partial charge in [-0.3, -0.25) is 0 Å². The fraction of sp³-hybridized carbons (Fsp3) is 1.00. The Bertz CT molecular complexity index is 150. The SMILES string of the molecule is CCCCCCCCCCC(CSCCC)NC. The van der Waals surface area contributed by atoms with Gasteiger partial charge in [0.1, 0.15) is 0 Å². The Morgan fingerprint density at radius 2 is 1.44 bits per heavy atom. The van der Waals surface area contributed by atoms with Gasteiger partial charge in [-0.1, -0.05) is 65.2 Å². The van der Waals surface area contributed by atoms with E-state index in [-0.39, 0.29) is 0 Å². The first-order valence-corrected chi connectivity index (χ1v) is 9.25. The monoisotopic (exact) mass is 273 g/mol. The van der Waals surface area contributed by atoms with Gasteiger partial charge < -0.3 is 5.32 Å². The maximum Gasteiger partial charge on any atom is 0.0155 e. The van der Waals surface area contributed by atoms with E-state index in [1.54, 1.807) is 0 Å². The maximum absolute atomic E-state index is 3.46. The predicted molar refractivity (Wildman–Crippen MR) is 87.7 cm³/mol. The van der Waals surface area contributed by atoms with Crippen LogP contribution in [0, 0.1) is 0 Å². The van der Waals surface area contributed by atoms with Crippen LogP contribution in [0.15, 0.2) is 0 Å². The third-order valence-corrected chi connectivity index (χ3v) is 4.82. The molecule has 0 fully saturated rings. The molecule has 18 heavy (non-hydrogen) atoms. The minimum atomic E-state index is 0.738. The summed E-state index contributed by atoms with van der Waals surface area (Å²) in [4.78, 5) is 0. The van der Waals surface area contributed by atoms with Gasteiger partial charge in [-0.2, -0.15) is 11.8 Å². The van der Waals surface area contributed by atoms with E-state index in [4.69, 9.17) is 0 Å². The molecule has 0 aliphatic heterocycles. The Morgan fingerprint density at radius 3 is 2.00 bits per heavy atom. The molecule has 1 nitrogen and oxygen atoms in total. The van der Waals surface area contributed by atoms with Gasteiger partial charge in [-0.15, -0.1) is 0 Å². The molecule has 0 aromatic rings. The molecule has 0 radical (unpaired) electrons. The fourth-order valence-corrected chi connectivity index (χ4v) is 3.28. The van der Waals surface area contributed by atoms with Crippen molar-refractivity contribution in [2.75, 3.05) is 18.6 Å². The smallest absolute Gasteiger partial charge is 0.0155 e. The summed E-state index contributed by atoms with van der Waals surface area (Å²) in [5.41, 5.74) is 0. The van der Waals surface area contributed by atoms with Gasteiger partial charge >= 0.3 is 0 Å². The lowest BCUT2D eigenvalue weighted by Gasteiger charge is -2.15. The third-order valence-electron chi connectivity index (χ3n) is 3.48. The molecule has 0 aromatic heterocycles. The van der Waals surface area contributed by atoms with Gasteiger partial charge in [0.05, 0.1) is 0 Å². The van der Waals surface area contributed by atoms with Gasteiger partial charge in [-0.05, 0) is 25.6 Å². The lowest BCUT2D eigenvalue weighted by atomic mass is 10.1. The summed E-state index contributed by atoms with van der Waals surface area (Å²) in [7, 11) is 2.11. The number of nitrogens with one attached hydrogen (secondary N) is 1. The Morgan fingerprint density at radius 1 is 0.833 bits per heavy atom. The average molecular weight is 274 g/mol. The predicted octanol–water partition coefficient (Wildman–Crippen LogP) is 5.25. The summed E-state index contributed by atoms with van der Waals surface area (Å²) in [6, 6.07) is 0.738. The van der Waals surface area contributed by atoms with Crippen LogP contribution in [0.1, 0.15) is 78.1 Å². The van der Waals surface area contributed by atoms with Crippen LogP contribution in [0.25, 0.3) is 0 Å². The van der Waals surface area contributed by atoms with E-state index in [2.05, 4.69) is 38.0 Å². The second-order valence-corrected chi connectivity index (χ2v) is 6.47. The molecular formula is C16H35NS. The molecule has 0 aliphatic rings. The largest absolute Gasteiger partial charge is 0.316 e. The van der Waals surface area contributed by atoms with Crippen molar-refractivity contribution in [2.45, 2.75) is 84.1 Å². The van der Waals surface area contributed by atoms with Crippen LogP contribution >= 0.6 is 11.8 Å². The van der Waals surface area contributed by atoms with E-state index in [0.29, 0.717) is 0 Å². The molecule has 1 unspecified atom stereocenters. The van der Waals surface area contributed by atoms with E-state index in [1.807, 2.05) is 0 Å². The van der Waals surface area contributed by atoms with Crippen molar-refractivity contribution in [3.63, 3.8) is 0 Å². The van der Waals surface area contributed by atoms with Crippen LogP contribution in [0.4, 0.5) is 0 Å². The summed E-state index contributed by atoms with van der Waals surface area (Å²) in [5.74, 6) is 2.61. The highest BCUT2D eigenvalue weighted by atomic mass is 32.2. The van der Waals surface area contributed by atoms with E-state index in [1.165, 1.54) is 75.7 Å². The van der Waals surface area contributed by atoms with Crippen molar-refractivity contribution >= 4 is 11.8 Å². The summed E-state index contributed by atoms with van der Waals surface area (Å²) in [5, 5.41) is 3.46. The Balaban J connectivity index is 3.23. The standard InChI is InChI=1S/C16H35NS/c1-4-6-7-8-9-10-11-12-13-16(17-3)15-18-14-5-2/h16-17H,4-15H2,1-3H3. The van der Waals surface area contributed by atoms with Crippen molar-refractivity contribution in [3.8, 4) is 0 Å². The molecule has 2 heteroatoms. The molecule has 1 N–H and O–H groups in total. The Kier molecular flexibility index (Phi) is 15.6. The van der Waals surface area contributed by atoms with Crippen molar-refractivity contribution in [3.05, 3.63) is 0 Å². The van der Waals surface area contributed by atoms with Crippen LogP contribution in [-0.4, -0.2) is 24.6 Å². The normalized spacial score (nSPS) is 12.8. The van der Waals surface area contributed by atoms with Crippen molar-refractivity contribution in [2.24, 2.45) is 0 Å². The van der Waals surface area contributed by atoms with Crippen molar-refractivity contribution in [1.29, 1.82) is 0 Å². The molecule has 0 spiro atoms. The minimum Gasteiger partial charge on any atom is -0.316 e. The fourth-order valence-electron chi connectivity index (χ4n) is 2.21. The lowest BCUT2D eigenvalue weighted by Crippen LogP contribution is -2.27. The van der Waals surface area contributed by atoms with Gasteiger partial charge in [0.2, 0.25) is 0 Å². The zero-order chi connectivity index (χ0) is 13.5. The number of unbranched alkanes of at least 4 members (excludes halogenated alkanes) is 7. The molecule has 0 aromatic carbocycles. The molecule has 0 saturated heterocycles. The van der Waals surface area contributed by atoms with Crippen LogP contribution in [0.2, 0.25) is 0 Å². The molecule has 0 aliphatic carbocycles. The summed E-state index contributed by atoms with van der Waals surface area (Å²) < 4.78 is 0. The number of thioether (sulfide) groups is 1. The number of hydrogen-bond acceptors (Lipinski definition) is 2. The van der Waals surface area contributed by atoms with Crippen molar-refractivity contribution < 1.29 is 0 Å². The maximum atomic E-state index is 3.46. The van der Waals surface area contributed by atoms with Crippen LogP contribution in [0.3, 0.4) is 0 Å². The van der Waals surface area contributed by atoms with E-state index in [0.717, 1.165) is 6.04 Å². The molecule has 0 saturated carbocycles. The first-order chi connectivity index (χ1) is 8.85. The van der Waals surface area contributed by atoms with Crippen LogP contribution in [0.5, 0.6) is 0 Å². The third kappa shape index (κ3) is 12.8. The van der Waals surface area contributed by atoms with Gasteiger partial charge in [-0.25, -0.2) is 0 Å². The zero-order valence-corrected chi connectivity index (χ0v) is 13.8. The van der Waals surface area contributed by atoms with Gasteiger partial charge in [0, 0.05) is 11.8 Å². The highest BCUT2D eigenvalue weighted by Gasteiger charge is 2.05. The van der Waals surface area contributed by atoms with Crippen LogP contribution in [-0.2, 0) is 0 Å². The molecule has 0 heterocycles. The zero-order valence-electron chi connectivity index (χ0n) is 13.0. The molecule has 0 rings (SSSR count). The summed E-state index contributed by atoms with van der Waals surface area (Å²) in [6.07, 6.45) is 14.1. The Hall–Kier alpha value is 0.310. The molecular weight excluding hydrogens is 238 g/mol. The first-order valence-electron chi connectivity index (χ1n) is 8.10. The molecule has 0 amide bonds. The Labute approximate surface area is 120 Å². The second kappa shape index (κ2) is 15.4. The summed E-state index contributed by atoms with van der Waals surface area (Å²) >= 11 is 2.10. The highest BCUT2D eigenvalue weighted by molar-refractivity contribution is 7.99. The molecule has 1 atom stereocenters. The topological polar surface area (TPSA) is 12.0 Å².